The molecule has 0 saturated carbocycles. The van der Waals surface area contributed by atoms with Crippen LogP contribution in [-0.2, 0) is 20.1 Å². The molecule has 0 amide bonds. The number of aromatic nitrogens is 4. The lowest BCUT2D eigenvalue weighted by atomic mass is 10.2. The van der Waals surface area contributed by atoms with Crippen molar-refractivity contribution in [1.82, 2.24) is 19.6 Å². The Bertz CT molecular complexity index is 509. The van der Waals surface area contributed by atoms with Gasteiger partial charge in [-0.3, -0.25) is 9.36 Å². The first-order valence-electron chi connectivity index (χ1n) is 5.87. The summed E-state index contributed by atoms with van der Waals surface area (Å²) in [5.41, 5.74) is 3.46. The van der Waals surface area contributed by atoms with Crippen molar-refractivity contribution < 1.29 is 0 Å². The summed E-state index contributed by atoms with van der Waals surface area (Å²) in [5, 5.41) is 12.1. The summed E-state index contributed by atoms with van der Waals surface area (Å²) in [7, 11) is 1.93. The van der Waals surface area contributed by atoms with Crippen LogP contribution in [0.5, 0.6) is 0 Å². The van der Waals surface area contributed by atoms with Gasteiger partial charge < -0.3 is 5.32 Å². The van der Waals surface area contributed by atoms with Crippen molar-refractivity contribution in [2.75, 3.05) is 5.32 Å². The van der Waals surface area contributed by atoms with Crippen LogP contribution >= 0.6 is 0 Å². The highest BCUT2D eigenvalue weighted by Gasteiger charge is 2.06. The third kappa shape index (κ3) is 2.49. The van der Waals surface area contributed by atoms with Gasteiger partial charge in [-0.1, -0.05) is 0 Å². The first-order chi connectivity index (χ1) is 8.10. The molecule has 0 spiro atoms. The van der Waals surface area contributed by atoms with E-state index in [0.717, 1.165) is 30.2 Å². The Balaban J connectivity index is 2.06. The van der Waals surface area contributed by atoms with Gasteiger partial charge in [0.25, 0.3) is 0 Å². The molecule has 0 unspecified atom stereocenters. The fraction of sp³-hybridized carbons (Fsp3) is 0.500. The SMILES string of the molecule is CCn1cc(CNc2nn(C)cc2C)c(C)n1. The molecular weight excluding hydrogens is 214 g/mol. The summed E-state index contributed by atoms with van der Waals surface area (Å²) in [5.74, 6) is 0.941. The lowest BCUT2D eigenvalue weighted by Crippen LogP contribution is -2.02. The molecule has 2 aromatic rings. The number of rotatable bonds is 4. The maximum Gasteiger partial charge on any atom is 0.151 e. The Hall–Kier alpha value is -1.78. The number of nitrogens with one attached hydrogen (secondary N) is 1. The highest BCUT2D eigenvalue weighted by molar-refractivity contribution is 5.42. The molecule has 0 aliphatic heterocycles. The number of anilines is 1. The molecule has 2 rings (SSSR count). The number of hydrogen-bond acceptors (Lipinski definition) is 3. The van der Waals surface area contributed by atoms with Crippen LogP contribution in [0.15, 0.2) is 12.4 Å². The van der Waals surface area contributed by atoms with Crippen LogP contribution in [0.3, 0.4) is 0 Å². The van der Waals surface area contributed by atoms with E-state index in [4.69, 9.17) is 0 Å². The van der Waals surface area contributed by atoms with E-state index in [1.165, 1.54) is 5.56 Å². The maximum absolute atomic E-state index is 4.42. The summed E-state index contributed by atoms with van der Waals surface area (Å²) in [6, 6.07) is 0. The predicted molar refractivity (Wildman–Crippen MR) is 67.9 cm³/mol. The summed E-state index contributed by atoms with van der Waals surface area (Å²) >= 11 is 0. The van der Waals surface area contributed by atoms with Crippen molar-refractivity contribution in [2.24, 2.45) is 7.05 Å². The molecule has 2 aromatic heterocycles. The largest absolute Gasteiger partial charge is 0.364 e. The third-order valence-corrected chi connectivity index (χ3v) is 2.83. The second kappa shape index (κ2) is 4.61. The van der Waals surface area contributed by atoms with E-state index in [1.54, 1.807) is 0 Å². The van der Waals surface area contributed by atoms with Gasteiger partial charge in [-0.25, -0.2) is 0 Å². The van der Waals surface area contributed by atoms with Crippen LogP contribution in [0.1, 0.15) is 23.7 Å². The van der Waals surface area contributed by atoms with Gasteiger partial charge in [0.2, 0.25) is 0 Å². The summed E-state index contributed by atoms with van der Waals surface area (Å²) < 4.78 is 3.78. The van der Waals surface area contributed by atoms with Crippen molar-refractivity contribution in [3.63, 3.8) is 0 Å². The highest BCUT2D eigenvalue weighted by Crippen LogP contribution is 2.13. The number of aryl methyl sites for hydroxylation is 4. The molecule has 5 heteroatoms. The zero-order chi connectivity index (χ0) is 12.4. The molecule has 5 nitrogen and oxygen atoms in total. The summed E-state index contributed by atoms with van der Waals surface area (Å²) in [4.78, 5) is 0. The fourth-order valence-corrected chi connectivity index (χ4v) is 1.86. The molecule has 0 radical (unpaired) electrons. The van der Waals surface area contributed by atoms with E-state index in [0.29, 0.717) is 0 Å². The molecule has 92 valence electrons. The second-order valence-corrected chi connectivity index (χ2v) is 4.28. The molecule has 0 fully saturated rings. The van der Waals surface area contributed by atoms with Crippen LogP contribution < -0.4 is 5.32 Å². The zero-order valence-corrected chi connectivity index (χ0v) is 10.9. The van der Waals surface area contributed by atoms with Crippen LogP contribution in [0.2, 0.25) is 0 Å². The van der Waals surface area contributed by atoms with Crippen molar-refractivity contribution in [3.8, 4) is 0 Å². The molecule has 0 aliphatic carbocycles. The maximum atomic E-state index is 4.42. The van der Waals surface area contributed by atoms with Gasteiger partial charge in [-0.2, -0.15) is 10.2 Å². The number of nitrogens with zero attached hydrogens (tertiary/aromatic N) is 4. The van der Waals surface area contributed by atoms with E-state index in [-0.39, 0.29) is 0 Å². The number of hydrogen-bond donors (Lipinski definition) is 1. The molecule has 0 saturated heterocycles. The Morgan fingerprint density at radius 3 is 2.53 bits per heavy atom. The van der Waals surface area contributed by atoms with Gasteiger partial charge in [0.15, 0.2) is 5.82 Å². The van der Waals surface area contributed by atoms with E-state index in [2.05, 4.69) is 35.6 Å². The van der Waals surface area contributed by atoms with Gasteiger partial charge in [0.1, 0.15) is 0 Å². The molecule has 0 bridgehead atoms. The van der Waals surface area contributed by atoms with Crippen molar-refractivity contribution >= 4 is 5.82 Å². The monoisotopic (exact) mass is 233 g/mol. The minimum absolute atomic E-state index is 0.768. The predicted octanol–water partition coefficient (Wildman–Crippen LogP) is 1.87. The molecule has 0 aromatic carbocycles. The van der Waals surface area contributed by atoms with E-state index in [9.17, 15) is 0 Å². The van der Waals surface area contributed by atoms with Crippen molar-refractivity contribution in [1.29, 1.82) is 0 Å². The summed E-state index contributed by atoms with van der Waals surface area (Å²) in [6.07, 6.45) is 4.09. The zero-order valence-electron chi connectivity index (χ0n) is 10.9. The van der Waals surface area contributed by atoms with Gasteiger partial charge in [-0.15, -0.1) is 0 Å². The van der Waals surface area contributed by atoms with Crippen molar-refractivity contribution in [3.05, 3.63) is 29.2 Å². The first kappa shape index (κ1) is 11.7. The van der Waals surface area contributed by atoms with Crippen LogP contribution in [0, 0.1) is 13.8 Å². The lowest BCUT2D eigenvalue weighted by molar-refractivity contribution is 0.653. The Morgan fingerprint density at radius 2 is 2.00 bits per heavy atom. The minimum Gasteiger partial charge on any atom is -0.364 e. The quantitative estimate of drug-likeness (QED) is 0.877. The normalized spacial score (nSPS) is 10.8. The Kier molecular flexibility index (Phi) is 3.17. The van der Waals surface area contributed by atoms with E-state index < -0.39 is 0 Å². The van der Waals surface area contributed by atoms with Gasteiger partial charge in [0.05, 0.1) is 5.69 Å². The van der Waals surface area contributed by atoms with E-state index in [1.807, 2.05) is 29.5 Å². The topological polar surface area (TPSA) is 47.7 Å². The van der Waals surface area contributed by atoms with Gasteiger partial charge in [-0.05, 0) is 20.8 Å². The Labute approximate surface area is 101 Å². The lowest BCUT2D eigenvalue weighted by Gasteiger charge is -2.02. The van der Waals surface area contributed by atoms with Crippen molar-refractivity contribution in [2.45, 2.75) is 33.9 Å². The standard InChI is InChI=1S/C12H19N5/c1-5-17-8-11(10(3)14-17)6-13-12-9(2)7-16(4)15-12/h7-8H,5-6H2,1-4H3,(H,13,15). The highest BCUT2D eigenvalue weighted by atomic mass is 15.3. The third-order valence-electron chi connectivity index (χ3n) is 2.83. The van der Waals surface area contributed by atoms with Crippen LogP contribution in [0.4, 0.5) is 5.82 Å². The molecule has 17 heavy (non-hydrogen) atoms. The molecule has 2 heterocycles. The van der Waals surface area contributed by atoms with Crippen LogP contribution in [0.25, 0.3) is 0 Å². The van der Waals surface area contributed by atoms with E-state index >= 15 is 0 Å². The molecular formula is C12H19N5. The molecule has 0 atom stereocenters. The summed E-state index contributed by atoms with van der Waals surface area (Å²) in [6.45, 7) is 7.85. The Morgan fingerprint density at radius 1 is 1.24 bits per heavy atom. The second-order valence-electron chi connectivity index (χ2n) is 4.28. The average molecular weight is 233 g/mol. The van der Waals surface area contributed by atoms with Gasteiger partial charge >= 0.3 is 0 Å². The fourth-order valence-electron chi connectivity index (χ4n) is 1.86. The minimum atomic E-state index is 0.768. The van der Waals surface area contributed by atoms with Crippen LogP contribution in [-0.4, -0.2) is 19.6 Å². The smallest absolute Gasteiger partial charge is 0.151 e. The average Bonchev–Trinajstić information content (AvgIpc) is 2.79. The first-order valence-corrected chi connectivity index (χ1v) is 5.87. The van der Waals surface area contributed by atoms with Gasteiger partial charge in [0, 0.05) is 43.7 Å². The molecule has 1 N–H and O–H groups in total. The molecule has 0 aliphatic rings.